The molecule has 2 aromatic rings. The predicted molar refractivity (Wildman–Crippen MR) is 77.2 cm³/mol. The molecule has 108 valence electrons. The molecule has 2 aromatic heterocycles. The Morgan fingerprint density at radius 1 is 1.43 bits per heavy atom. The van der Waals surface area contributed by atoms with Crippen LogP contribution in [0.5, 0.6) is 0 Å². The summed E-state index contributed by atoms with van der Waals surface area (Å²) in [6, 6.07) is 5.48. The fraction of sp³-hybridized carbons (Fsp3) is 0.500. The molecule has 0 aromatic carbocycles. The quantitative estimate of drug-likeness (QED) is 0.858. The van der Waals surface area contributed by atoms with Gasteiger partial charge in [-0.1, -0.05) is 31.3 Å². The highest BCUT2D eigenvalue weighted by Crippen LogP contribution is 2.36. The molecule has 2 unspecified atom stereocenters. The summed E-state index contributed by atoms with van der Waals surface area (Å²) >= 11 is 0. The van der Waals surface area contributed by atoms with Crippen molar-refractivity contribution in [1.82, 2.24) is 15.1 Å². The summed E-state index contributed by atoms with van der Waals surface area (Å²) in [5, 5.41) is 13.0. The van der Waals surface area contributed by atoms with Crippen LogP contribution in [0.3, 0.4) is 0 Å². The minimum absolute atomic E-state index is 0.357. The van der Waals surface area contributed by atoms with Gasteiger partial charge < -0.3 is 4.52 Å². The summed E-state index contributed by atoms with van der Waals surface area (Å²) in [6.45, 7) is 2.25. The van der Waals surface area contributed by atoms with E-state index in [-0.39, 0.29) is 0 Å². The second-order valence-electron chi connectivity index (χ2n) is 5.64. The Labute approximate surface area is 124 Å². The Morgan fingerprint density at radius 2 is 2.33 bits per heavy atom. The van der Waals surface area contributed by atoms with E-state index in [9.17, 15) is 0 Å². The van der Waals surface area contributed by atoms with Crippen molar-refractivity contribution in [3.05, 3.63) is 29.8 Å². The van der Waals surface area contributed by atoms with Gasteiger partial charge in [0.25, 0.3) is 5.89 Å². The number of rotatable bonds is 3. The van der Waals surface area contributed by atoms with Gasteiger partial charge in [-0.2, -0.15) is 10.2 Å². The second-order valence-corrected chi connectivity index (χ2v) is 5.64. The van der Waals surface area contributed by atoms with Gasteiger partial charge in [-0.15, -0.1) is 0 Å². The van der Waals surface area contributed by atoms with Crippen LogP contribution in [-0.4, -0.2) is 15.1 Å². The maximum absolute atomic E-state index is 8.90. The van der Waals surface area contributed by atoms with Gasteiger partial charge in [0.2, 0.25) is 0 Å². The second kappa shape index (κ2) is 6.04. The van der Waals surface area contributed by atoms with E-state index in [0.29, 0.717) is 17.5 Å². The van der Waals surface area contributed by atoms with Crippen LogP contribution in [-0.2, 0) is 0 Å². The first-order valence-corrected chi connectivity index (χ1v) is 7.50. The highest BCUT2D eigenvalue weighted by atomic mass is 16.5. The lowest BCUT2D eigenvalue weighted by Crippen LogP contribution is -2.14. The highest BCUT2D eigenvalue weighted by molar-refractivity contribution is 5.54. The van der Waals surface area contributed by atoms with Gasteiger partial charge in [0, 0.05) is 17.7 Å². The van der Waals surface area contributed by atoms with Gasteiger partial charge in [-0.3, -0.25) is 0 Å². The van der Waals surface area contributed by atoms with Crippen LogP contribution in [0.1, 0.15) is 56.5 Å². The molecule has 0 spiro atoms. The Kier molecular flexibility index (Phi) is 3.96. The zero-order chi connectivity index (χ0) is 14.7. The van der Waals surface area contributed by atoms with E-state index < -0.39 is 0 Å². The zero-order valence-corrected chi connectivity index (χ0v) is 12.1. The molecule has 1 aliphatic carbocycles. The van der Waals surface area contributed by atoms with Crippen LogP contribution in [0, 0.1) is 17.2 Å². The smallest absolute Gasteiger partial charge is 0.258 e. The summed E-state index contributed by atoms with van der Waals surface area (Å²) in [4.78, 5) is 8.48. The van der Waals surface area contributed by atoms with E-state index in [4.69, 9.17) is 9.78 Å². The van der Waals surface area contributed by atoms with Crippen LogP contribution in [0.2, 0.25) is 0 Å². The molecule has 2 atom stereocenters. The standard InChI is InChI=1S/C16H18N4O/c1-2-11-4-3-5-12(8-11)15-19-16(21-20-15)13-6-7-18-14(9-13)10-17/h6-7,9,11-12H,2-5,8H2,1H3. The molecule has 1 fully saturated rings. The molecule has 2 heterocycles. The summed E-state index contributed by atoms with van der Waals surface area (Å²) in [5.41, 5.74) is 1.11. The fourth-order valence-electron chi connectivity index (χ4n) is 3.04. The maximum Gasteiger partial charge on any atom is 0.258 e. The van der Waals surface area contributed by atoms with Gasteiger partial charge in [0.05, 0.1) is 0 Å². The molecule has 5 nitrogen and oxygen atoms in total. The Bertz CT molecular complexity index is 658. The van der Waals surface area contributed by atoms with Gasteiger partial charge in [0.1, 0.15) is 11.8 Å². The molecule has 0 N–H and O–H groups in total. The van der Waals surface area contributed by atoms with Crippen molar-refractivity contribution < 1.29 is 4.52 Å². The van der Waals surface area contributed by atoms with Crippen LogP contribution in [0.4, 0.5) is 0 Å². The number of aromatic nitrogens is 3. The molecule has 1 saturated carbocycles. The first-order valence-electron chi connectivity index (χ1n) is 7.50. The number of nitrogens with zero attached hydrogens (tertiary/aromatic N) is 4. The summed E-state index contributed by atoms with van der Waals surface area (Å²) in [5.74, 6) is 2.45. The van der Waals surface area contributed by atoms with Crippen molar-refractivity contribution >= 4 is 0 Å². The van der Waals surface area contributed by atoms with E-state index in [1.165, 1.54) is 19.3 Å². The Hall–Kier alpha value is -2.22. The lowest BCUT2D eigenvalue weighted by molar-refractivity contribution is 0.300. The van der Waals surface area contributed by atoms with Gasteiger partial charge in [-0.25, -0.2) is 4.98 Å². The van der Waals surface area contributed by atoms with E-state index in [2.05, 4.69) is 22.0 Å². The van der Waals surface area contributed by atoms with Crippen LogP contribution in [0.25, 0.3) is 11.5 Å². The third-order valence-corrected chi connectivity index (χ3v) is 4.29. The van der Waals surface area contributed by atoms with E-state index in [1.54, 1.807) is 18.3 Å². The lowest BCUT2D eigenvalue weighted by atomic mass is 9.80. The first-order chi connectivity index (χ1) is 10.3. The number of hydrogen-bond donors (Lipinski definition) is 0. The van der Waals surface area contributed by atoms with Crippen LogP contribution in [0.15, 0.2) is 22.9 Å². The van der Waals surface area contributed by atoms with Crippen LogP contribution >= 0.6 is 0 Å². The highest BCUT2D eigenvalue weighted by Gasteiger charge is 2.26. The van der Waals surface area contributed by atoms with Gasteiger partial charge in [-0.05, 0) is 30.9 Å². The van der Waals surface area contributed by atoms with Crippen molar-refractivity contribution in [2.24, 2.45) is 5.92 Å². The van der Waals surface area contributed by atoms with Crippen molar-refractivity contribution in [2.75, 3.05) is 0 Å². The van der Waals surface area contributed by atoms with E-state index in [0.717, 1.165) is 30.1 Å². The monoisotopic (exact) mass is 282 g/mol. The van der Waals surface area contributed by atoms with Crippen molar-refractivity contribution in [3.8, 4) is 17.5 Å². The fourth-order valence-corrected chi connectivity index (χ4v) is 3.04. The summed E-state index contributed by atoms with van der Waals surface area (Å²) < 4.78 is 5.37. The molecular weight excluding hydrogens is 264 g/mol. The lowest BCUT2D eigenvalue weighted by Gasteiger charge is -2.26. The molecule has 0 saturated heterocycles. The molecule has 0 bridgehead atoms. The van der Waals surface area contributed by atoms with Gasteiger partial charge >= 0.3 is 0 Å². The number of nitriles is 1. The SMILES string of the molecule is CCC1CCCC(c2noc(-c3ccnc(C#N)c3)n2)C1. The Morgan fingerprint density at radius 3 is 3.14 bits per heavy atom. The number of hydrogen-bond acceptors (Lipinski definition) is 5. The average molecular weight is 282 g/mol. The van der Waals surface area contributed by atoms with Crippen molar-refractivity contribution in [2.45, 2.75) is 44.9 Å². The van der Waals surface area contributed by atoms with Crippen molar-refractivity contribution in [3.63, 3.8) is 0 Å². The van der Waals surface area contributed by atoms with Gasteiger partial charge in [0.15, 0.2) is 5.82 Å². The van der Waals surface area contributed by atoms with E-state index >= 15 is 0 Å². The minimum Gasteiger partial charge on any atom is -0.334 e. The third-order valence-electron chi connectivity index (χ3n) is 4.29. The topological polar surface area (TPSA) is 75.6 Å². The molecule has 0 amide bonds. The largest absolute Gasteiger partial charge is 0.334 e. The molecule has 3 rings (SSSR count). The average Bonchev–Trinajstić information content (AvgIpc) is 3.05. The molecule has 21 heavy (non-hydrogen) atoms. The molecule has 5 heteroatoms. The molecule has 0 radical (unpaired) electrons. The zero-order valence-electron chi connectivity index (χ0n) is 12.1. The summed E-state index contributed by atoms with van der Waals surface area (Å²) in [7, 11) is 0. The normalized spacial score (nSPS) is 21.9. The molecular formula is C16H18N4O. The Balaban J connectivity index is 1.81. The maximum atomic E-state index is 8.90. The first kappa shape index (κ1) is 13.7. The van der Waals surface area contributed by atoms with Crippen LogP contribution < -0.4 is 0 Å². The number of pyridine rings is 1. The minimum atomic E-state index is 0.357. The van der Waals surface area contributed by atoms with Crippen molar-refractivity contribution in [1.29, 1.82) is 5.26 Å². The molecule has 0 aliphatic heterocycles. The predicted octanol–water partition coefficient (Wildman–Crippen LogP) is 3.69. The van der Waals surface area contributed by atoms with E-state index in [1.807, 2.05) is 6.07 Å². The molecule has 1 aliphatic rings. The third kappa shape index (κ3) is 2.94. The summed E-state index contributed by atoms with van der Waals surface area (Å²) in [6.07, 6.45) is 7.64.